The van der Waals surface area contributed by atoms with Crippen molar-refractivity contribution in [1.29, 1.82) is 0 Å². The van der Waals surface area contributed by atoms with Gasteiger partial charge in [-0.1, -0.05) is 18.2 Å². The molecule has 110 valence electrons. The van der Waals surface area contributed by atoms with Crippen molar-refractivity contribution in [3.8, 4) is 11.5 Å². The van der Waals surface area contributed by atoms with Crippen LogP contribution in [0.25, 0.3) is 11.5 Å². The average Bonchev–Trinajstić information content (AvgIpc) is 3.09. The van der Waals surface area contributed by atoms with E-state index >= 15 is 0 Å². The summed E-state index contributed by atoms with van der Waals surface area (Å²) >= 11 is 0. The minimum absolute atomic E-state index is 0.665. The Morgan fingerprint density at radius 2 is 2.00 bits per heavy atom. The summed E-state index contributed by atoms with van der Waals surface area (Å²) in [7, 11) is 0. The molecule has 0 radical (unpaired) electrons. The largest absolute Gasteiger partial charge is 0.444 e. The van der Waals surface area contributed by atoms with Gasteiger partial charge in [0.25, 0.3) is 0 Å². The molecule has 4 heteroatoms. The fourth-order valence-corrected chi connectivity index (χ4v) is 3.48. The van der Waals surface area contributed by atoms with Gasteiger partial charge in [-0.15, -0.1) is 0 Å². The number of rotatable bonds is 3. The van der Waals surface area contributed by atoms with Crippen LogP contribution in [0.5, 0.6) is 0 Å². The Labute approximate surface area is 125 Å². The van der Waals surface area contributed by atoms with Crippen molar-refractivity contribution in [2.75, 3.05) is 13.1 Å². The molecular formula is C17H21N3O. The van der Waals surface area contributed by atoms with Gasteiger partial charge in [-0.25, -0.2) is 4.98 Å². The molecule has 2 bridgehead atoms. The van der Waals surface area contributed by atoms with Gasteiger partial charge in [0, 0.05) is 37.3 Å². The van der Waals surface area contributed by atoms with Crippen LogP contribution in [0.3, 0.4) is 0 Å². The van der Waals surface area contributed by atoms with Crippen molar-refractivity contribution >= 4 is 0 Å². The monoisotopic (exact) mass is 283 g/mol. The summed E-state index contributed by atoms with van der Waals surface area (Å²) in [6.07, 6.45) is 5.72. The molecule has 2 saturated heterocycles. The predicted octanol–water partition coefficient (Wildman–Crippen LogP) is 2.67. The molecule has 1 aromatic heterocycles. The van der Waals surface area contributed by atoms with E-state index < -0.39 is 0 Å². The van der Waals surface area contributed by atoms with E-state index in [2.05, 4.69) is 15.2 Å². The van der Waals surface area contributed by atoms with Crippen LogP contribution in [0.2, 0.25) is 0 Å². The molecule has 0 aliphatic carbocycles. The zero-order valence-electron chi connectivity index (χ0n) is 12.2. The van der Waals surface area contributed by atoms with E-state index in [0.717, 1.165) is 42.8 Å². The van der Waals surface area contributed by atoms with E-state index in [1.54, 1.807) is 6.26 Å². The van der Waals surface area contributed by atoms with Crippen LogP contribution in [0, 0.1) is 0 Å². The lowest BCUT2D eigenvalue weighted by Gasteiger charge is -2.22. The SMILES string of the molecule is c1ccc(-c2nc(CN3CCC4CCC(C3)N4)co2)cc1. The van der Waals surface area contributed by atoms with Gasteiger partial charge in [0.1, 0.15) is 6.26 Å². The number of oxazole rings is 1. The lowest BCUT2D eigenvalue weighted by atomic mass is 10.1. The second-order valence-corrected chi connectivity index (χ2v) is 6.17. The van der Waals surface area contributed by atoms with Gasteiger partial charge >= 0.3 is 0 Å². The highest BCUT2D eigenvalue weighted by Gasteiger charge is 2.29. The highest BCUT2D eigenvalue weighted by atomic mass is 16.3. The van der Waals surface area contributed by atoms with E-state index in [1.165, 1.54) is 19.3 Å². The maximum atomic E-state index is 5.63. The summed E-state index contributed by atoms with van der Waals surface area (Å²) in [5.41, 5.74) is 2.08. The Hall–Kier alpha value is -1.65. The number of fused-ring (bicyclic) bond motifs is 2. The van der Waals surface area contributed by atoms with E-state index in [0.29, 0.717) is 6.04 Å². The molecular weight excluding hydrogens is 262 g/mol. The number of aromatic nitrogens is 1. The zero-order chi connectivity index (χ0) is 14.1. The van der Waals surface area contributed by atoms with E-state index in [1.807, 2.05) is 30.3 Å². The third-order valence-electron chi connectivity index (χ3n) is 4.57. The molecule has 21 heavy (non-hydrogen) atoms. The topological polar surface area (TPSA) is 41.3 Å². The third kappa shape index (κ3) is 2.87. The van der Waals surface area contributed by atoms with Crippen LogP contribution in [0.1, 0.15) is 25.0 Å². The molecule has 1 N–H and O–H groups in total. The molecule has 0 amide bonds. The van der Waals surface area contributed by atoms with Crippen LogP contribution < -0.4 is 5.32 Å². The number of likely N-dealkylation sites (tertiary alicyclic amines) is 1. The van der Waals surface area contributed by atoms with Gasteiger partial charge in [-0.05, 0) is 31.4 Å². The second-order valence-electron chi connectivity index (χ2n) is 6.17. The molecule has 2 fully saturated rings. The first-order valence-electron chi connectivity index (χ1n) is 7.85. The highest BCUT2D eigenvalue weighted by molar-refractivity contribution is 5.52. The zero-order valence-corrected chi connectivity index (χ0v) is 12.2. The van der Waals surface area contributed by atoms with Crippen LogP contribution >= 0.6 is 0 Å². The Balaban J connectivity index is 1.44. The molecule has 0 saturated carbocycles. The van der Waals surface area contributed by atoms with Gasteiger partial charge in [-0.3, -0.25) is 4.90 Å². The molecule has 4 nitrogen and oxygen atoms in total. The average molecular weight is 283 g/mol. The van der Waals surface area contributed by atoms with Gasteiger partial charge in [-0.2, -0.15) is 0 Å². The third-order valence-corrected chi connectivity index (χ3v) is 4.57. The summed E-state index contributed by atoms with van der Waals surface area (Å²) in [5.74, 6) is 0.722. The Bertz CT molecular complexity index is 595. The normalized spacial score (nSPS) is 25.9. The number of nitrogens with one attached hydrogen (secondary N) is 1. The number of hydrogen-bond acceptors (Lipinski definition) is 4. The van der Waals surface area contributed by atoms with Crippen molar-refractivity contribution in [2.45, 2.75) is 37.9 Å². The van der Waals surface area contributed by atoms with Crippen LogP contribution in [-0.4, -0.2) is 35.1 Å². The molecule has 3 heterocycles. The summed E-state index contributed by atoms with van der Waals surface area (Å²) in [6.45, 7) is 3.17. The van der Waals surface area contributed by atoms with Gasteiger partial charge in [0.15, 0.2) is 0 Å². The Morgan fingerprint density at radius 1 is 1.14 bits per heavy atom. The summed E-state index contributed by atoms with van der Waals surface area (Å²) < 4.78 is 5.63. The fourth-order valence-electron chi connectivity index (χ4n) is 3.48. The molecule has 0 spiro atoms. The Kier molecular flexibility index (Phi) is 3.49. The maximum Gasteiger partial charge on any atom is 0.226 e. The van der Waals surface area contributed by atoms with E-state index in [4.69, 9.17) is 4.42 Å². The number of nitrogens with zero attached hydrogens (tertiary/aromatic N) is 2. The van der Waals surface area contributed by atoms with Crippen LogP contribution in [0.15, 0.2) is 41.0 Å². The number of hydrogen-bond donors (Lipinski definition) is 1. The van der Waals surface area contributed by atoms with Gasteiger partial charge in [0.05, 0.1) is 5.69 Å². The number of benzene rings is 1. The summed E-state index contributed by atoms with van der Waals surface area (Å²) in [6, 6.07) is 11.5. The minimum atomic E-state index is 0.665. The second kappa shape index (κ2) is 5.62. The molecule has 2 aliphatic heterocycles. The summed E-state index contributed by atoms with van der Waals surface area (Å²) in [4.78, 5) is 7.14. The minimum Gasteiger partial charge on any atom is -0.444 e. The smallest absolute Gasteiger partial charge is 0.226 e. The van der Waals surface area contributed by atoms with Crippen molar-refractivity contribution in [3.63, 3.8) is 0 Å². The summed E-state index contributed by atoms with van der Waals surface area (Å²) in [5, 5.41) is 3.71. The quantitative estimate of drug-likeness (QED) is 0.940. The first kappa shape index (κ1) is 13.0. The van der Waals surface area contributed by atoms with Gasteiger partial charge < -0.3 is 9.73 Å². The first-order chi connectivity index (χ1) is 10.4. The molecule has 2 atom stereocenters. The fraction of sp³-hybridized carbons (Fsp3) is 0.471. The maximum absolute atomic E-state index is 5.63. The molecule has 2 aliphatic rings. The van der Waals surface area contributed by atoms with Crippen molar-refractivity contribution in [1.82, 2.24) is 15.2 Å². The van der Waals surface area contributed by atoms with Crippen LogP contribution in [0.4, 0.5) is 0 Å². The standard InChI is InChI=1S/C17H21N3O/c1-2-4-13(5-3-1)17-19-16(12-21-17)11-20-9-8-14-6-7-15(10-20)18-14/h1-5,12,14-15,18H,6-11H2. The molecule has 1 aromatic carbocycles. The van der Waals surface area contributed by atoms with Crippen molar-refractivity contribution < 1.29 is 4.42 Å². The predicted molar refractivity (Wildman–Crippen MR) is 81.8 cm³/mol. The van der Waals surface area contributed by atoms with E-state index in [9.17, 15) is 0 Å². The molecule has 2 unspecified atom stereocenters. The lowest BCUT2D eigenvalue weighted by molar-refractivity contribution is 0.248. The van der Waals surface area contributed by atoms with E-state index in [-0.39, 0.29) is 0 Å². The lowest BCUT2D eigenvalue weighted by Crippen LogP contribution is -2.35. The van der Waals surface area contributed by atoms with Crippen molar-refractivity contribution in [2.24, 2.45) is 0 Å². The van der Waals surface area contributed by atoms with Gasteiger partial charge in [0.2, 0.25) is 5.89 Å². The van der Waals surface area contributed by atoms with Crippen molar-refractivity contribution in [3.05, 3.63) is 42.3 Å². The first-order valence-corrected chi connectivity index (χ1v) is 7.85. The Morgan fingerprint density at radius 3 is 2.90 bits per heavy atom. The highest BCUT2D eigenvalue weighted by Crippen LogP contribution is 2.23. The molecule has 2 aromatic rings. The molecule has 4 rings (SSSR count). The van der Waals surface area contributed by atoms with Crippen LogP contribution in [-0.2, 0) is 6.54 Å².